The molecular weight excluding hydrogens is 1340 g/mol. The van der Waals surface area contributed by atoms with Crippen LogP contribution in [0.1, 0.15) is 55.5 Å². The quantitative estimate of drug-likeness (QED) is 0.0226. The number of piperazine rings is 1. The molecule has 0 radical (unpaired) electrons. The molecule has 12 N–H and O–H groups in total. The van der Waals surface area contributed by atoms with Crippen LogP contribution in [0.15, 0.2) is 183 Å². The number of hydrogen-bond donors (Lipinski definition) is 8. The van der Waals surface area contributed by atoms with Crippen molar-refractivity contribution in [3.05, 3.63) is 211 Å². The number of aromatic amines is 4. The number of nitrogens with zero attached hydrogens (tertiary/aromatic N) is 13. The van der Waals surface area contributed by atoms with E-state index in [9.17, 15) is 0 Å². The van der Waals surface area contributed by atoms with E-state index in [0.29, 0.717) is 57.8 Å². The Hall–Kier alpha value is -10.0. The highest BCUT2D eigenvalue weighted by atomic mass is 16.5. The van der Waals surface area contributed by atoms with Crippen LogP contribution in [0.5, 0.6) is 17.2 Å². The van der Waals surface area contributed by atoms with Gasteiger partial charge in [0.05, 0.1) is 64.6 Å². The van der Waals surface area contributed by atoms with Gasteiger partial charge in [-0.2, -0.15) is 20.4 Å². The third kappa shape index (κ3) is 21.2. The molecule has 4 aliphatic heterocycles. The second-order valence-electron chi connectivity index (χ2n) is 29.1. The molecule has 13 rings (SSSR count). The average molecular weight is 1450 g/mol. The van der Waals surface area contributed by atoms with Crippen molar-refractivity contribution < 1.29 is 14.2 Å². The van der Waals surface area contributed by atoms with Crippen molar-refractivity contribution >= 4 is 22.7 Å². The fourth-order valence-corrected chi connectivity index (χ4v) is 13.7. The summed E-state index contributed by atoms with van der Waals surface area (Å²) in [5, 5.41) is 29.5. The van der Waals surface area contributed by atoms with E-state index in [0.717, 1.165) is 211 Å². The van der Waals surface area contributed by atoms with Crippen LogP contribution in [-0.4, -0.2) is 212 Å². The number of H-pyrrole nitrogens is 4. The first-order valence-corrected chi connectivity index (χ1v) is 37.3. The van der Waals surface area contributed by atoms with Gasteiger partial charge in [-0.3, -0.25) is 20.4 Å². The third-order valence-corrected chi connectivity index (χ3v) is 19.4. The fraction of sp³-hybridized carbons (Fsp3) is 0.398. The van der Waals surface area contributed by atoms with Gasteiger partial charge in [-0.1, -0.05) is 109 Å². The van der Waals surface area contributed by atoms with E-state index in [-0.39, 0.29) is 0 Å². The second-order valence-corrected chi connectivity index (χ2v) is 29.1. The Morgan fingerprint density at radius 3 is 1.29 bits per heavy atom. The molecule has 0 saturated carbocycles. The molecule has 4 aliphatic rings. The summed E-state index contributed by atoms with van der Waals surface area (Å²) in [5.41, 5.74) is 45.8. The van der Waals surface area contributed by atoms with E-state index in [1.54, 1.807) is 0 Å². The maximum absolute atomic E-state index is 5.94. The molecule has 9 aromatic rings. The highest BCUT2D eigenvalue weighted by Crippen LogP contribution is 2.42. The summed E-state index contributed by atoms with van der Waals surface area (Å²) in [6, 6.07) is 38.2. The van der Waals surface area contributed by atoms with Gasteiger partial charge in [0.15, 0.2) is 0 Å². The predicted molar refractivity (Wildman–Crippen MR) is 437 cm³/mol. The SMILES string of the molecule is C=C(Cc1ccccc1)N1CCN(c2ccc(-c3[nH]ncc3CN(C)CCN)cc2)CC1.C=C1COc2cc(-c3[nH]ncc3CN(C)CCN)ccc2N1C.C=C1COc2cc(-c3[nH]ncc3CN(C)CCN)ccc2N1CC(C)C.C=C1COc2ccc(-c3[nH]ncc3CN(C)CCN)cc2N1CC(C)C. The Bertz CT molecular complexity index is 4320. The molecule has 4 aromatic heterocycles. The lowest BCUT2D eigenvalue weighted by atomic mass is 10.0. The van der Waals surface area contributed by atoms with Crippen molar-refractivity contribution in [2.45, 2.75) is 60.3 Å². The number of allylic oxidation sites excluding steroid dienone is 1. The fourth-order valence-electron chi connectivity index (χ4n) is 13.7. The smallest absolute Gasteiger partial charge is 0.144 e. The molecule has 5 aromatic carbocycles. The molecule has 1 fully saturated rings. The maximum Gasteiger partial charge on any atom is 0.144 e. The van der Waals surface area contributed by atoms with Gasteiger partial charge in [-0.25, -0.2) is 0 Å². The summed E-state index contributed by atoms with van der Waals surface area (Å²) < 4.78 is 17.6. The molecule has 1 saturated heterocycles. The minimum Gasteiger partial charge on any atom is -0.485 e. The normalized spacial score (nSPS) is 14.1. The van der Waals surface area contributed by atoms with Gasteiger partial charge >= 0.3 is 0 Å². The molecule has 0 bridgehead atoms. The number of likely N-dealkylation sites (N-methyl/N-ethyl adjacent to an activating group) is 5. The maximum atomic E-state index is 5.94. The molecule has 570 valence electrons. The molecule has 24 nitrogen and oxygen atoms in total. The largest absolute Gasteiger partial charge is 0.485 e. The summed E-state index contributed by atoms with van der Waals surface area (Å²) in [6.45, 7) is 42.3. The zero-order chi connectivity index (χ0) is 76.1. The Kier molecular flexibility index (Phi) is 28.6. The van der Waals surface area contributed by atoms with E-state index in [1.165, 1.54) is 22.5 Å². The van der Waals surface area contributed by atoms with E-state index in [4.69, 9.17) is 37.1 Å². The van der Waals surface area contributed by atoms with Gasteiger partial charge in [-0.05, 0) is 100 Å². The first-order chi connectivity index (χ1) is 51.7. The van der Waals surface area contributed by atoms with E-state index >= 15 is 0 Å². The van der Waals surface area contributed by atoms with E-state index in [2.05, 4.69) is 270 Å². The summed E-state index contributed by atoms with van der Waals surface area (Å²) >= 11 is 0. The number of nitrogens with one attached hydrogen (secondary N) is 4. The molecule has 0 amide bonds. The minimum atomic E-state index is 0.516. The summed E-state index contributed by atoms with van der Waals surface area (Å²) in [5.74, 6) is 3.76. The van der Waals surface area contributed by atoms with Gasteiger partial charge in [0.25, 0.3) is 0 Å². The monoisotopic (exact) mass is 1450 g/mol. The minimum absolute atomic E-state index is 0.516. The van der Waals surface area contributed by atoms with Gasteiger partial charge in [0.1, 0.15) is 37.1 Å². The van der Waals surface area contributed by atoms with Crippen molar-refractivity contribution in [1.82, 2.24) is 65.3 Å². The molecule has 0 unspecified atom stereocenters. The molecule has 0 atom stereocenters. The van der Waals surface area contributed by atoms with Crippen molar-refractivity contribution in [3.8, 4) is 62.3 Å². The summed E-state index contributed by atoms with van der Waals surface area (Å²) in [4.78, 5) is 20.3. The average Bonchev–Trinajstić information content (AvgIpc) is 1.59. The number of aromatic nitrogens is 8. The number of fused-ring (bicyclic) bond motifs is 3. The first kappa shape index (κ1) is 79.5. The molecule has 0 spiro atoms. The van der Waals surface area contributed by atoms with Crippen molar-refractivity contribution in [2.24, 2.45) is 34.8 Å². The van der Waals surface area contributed by atoms with E-state index in [1.807, 2.05) is 37.9 Å². The molecule has 0 aliphatic carbocycles. The van der Waals surface area contributed by atoms with Gasteiger partial charge in [0.2, 0.25) is 0 Å². The Labute approximate surface area is 633 Å². The summed E-state index contributed by atoms with van der Waals surface area (Å²) in [6.07, 6.45) is 8.48. The molecular formula is C83H115N21O3. The summed E-state index contributed by atoms with van der Waals surface area (Å²) in [7, 11) is 10.3. The Morgan fingerprint density at radius 2 is 0.841 bits per heavy atom. The van der Waals surface area contributed by atoms with Crippen LogP contribution in [0.25, 0.3) is 45.0 Å². The second kappa shape index (κ2) is 38.5. The lowest BCUT2D eigenvalue weighted by Crippen LogP contribution is -2.46. The third-order valence-electron chi connectivity index (χ3n) is 19.4. The van der Waals surface area contributed by atoms with Crippen LogP contribution in [0, 0.1) is 11.8 Å². The lowest BCUT2D eigenvalue weighted by Gasteiger charge is -2.38. The van der Waals surface area contributed by atoms with Gasteiger partial charge in [0, 0.05) is 204 Å². The standard InChI is InChI=1S/C26H34N6.2C20H29N5O.C17H23N5O/c1-21(18-22-6-4-3-5-7-22)31-14-16-32(17-15-31)25-10-8-23(9-11-25)26-24(19-28-29-26)20-30(2)13-12-27;1-14(2)11-25-15(3)13-26-19-6-5-16(9-18(19)25)20-17(10-22-23-20)12-24(4)8-7-21;1-14(2)11-25-15(3)13-26-19-9-16(5-6-18(19)25)20-17(10-22-23-20)12-24(4)8-7-21;1-12-11-23-16-8-13(4-5-15(16)22(12)3)17-14(9-19-20-17)10-21(2)7-6-18/h3-11,19H,1,12-18,20,27H2,2H3,(H,28,29);2*5-6,9-10,14H,3,7-8,11-13,21H2,1-2,4H3,(H,22,23);4-5,8-9H,1,6-7,10-11,18H2,2-3H3,(H,19,20). The zero-order valence-corrected chi connectivity index (χ0v) is 64.6. The van der Waals surface area contributed by atoms with Crippen LogP contribution in [0.3, 0.4) is 0 Å². The van der Waals surface area contributed by atoms with E-state index < -0.39 is 0 Å². The number of hydrogen-bond acceptors (Lipinski definition) is 20. The molecule has 107 heavy (non-hydrogen) atoms. The van der Waals surface area contributed by atoms with Crippen molar-refractivity contribution in [2.75, 3.05) is 166 Å². The first-order valence-electron chi connectivity index (χ1n) is 37.3. The van der Waals surface area contributed by atoms with Gasteiger partial charge < -0.3 is 81.2 Å². The number of anilines is 4. The number of ether oxygens (including phenoxy) is 3. The molecule has 24 heteroatoms. The van der Waals surface area contributed by atoms with Crippen molar-refractivity contribution in [1.29, 1.82) is 0 Å². The molecule has 8 heterocycles. The van der Waals surface area contributed by atoms with Crippen molar-refractivity contribution in [3.63, 3.8) is 0 Å². The predicted octanol–water partition coefficient (Wildman–Crippen LogP) is 10.8. The number of benzene rings is 5. The highest BCUT2D eigenvalue weighted by molar-refractivity contribution is 5.77. The van der Waals surface area contributed by atoms with Crippen LogP contribution >= 0.6 is 0 Å². The topological polar surface area (TPSA) is 276 Å². The number of nitrogens with two attached hydrogens (primary N) is 4. The number of rotatable bonds is 28. The van der Waals surface area contributed by atoms with Crippen LogP contribution in [0.4, 0.5) is 22.7 Å². The van der Waals surface area contributed by atoms with Crippen LogP contribution in [-0.2, 0) is 32.6 Å². The lowest BCUT2D eigenvalue weighted by molar-refractivity contribution is 0.316. The highest BCUT2D eigenvalue weighted by Gasteiger charge is 2.27. The van der Waals surface area contributed by atoms with Crippen LogP contribution in [0.2, 0.25) is 0 Å². The Morgan fingerprint density at radius 1 is 0.458 bits per heavy atom. The van der Waals surface area contributed by atoms with Crippen LogP contribution < -0.4 is 56.7 Å². The Balaban J connectivity index is 0.000000154. The zero-order valence-electron chi connectivity index (χ0n) is 64.6. The van der Waals surface area contributed by atoms with Gasteiger partial charge in [-0.15, -0.1) is 0 Å².